The summed E-state index contributed by atoms with van der Waals surface area (Å²) in [6, 6.07) is 3.92. The standard InChI is InChI=1S/C19H25N5O2/c1-14(25)22-17-13-16(5-8-20-17)4-3-15-6-10-24(11-7-15)19(26)18-21-9-12-23(18)2/h5,8-9,12-13,15H,3-4,6-7,10-11H2,1-2H3,(H,20,22,25). The van der Waals surface area contributed by atoms with Crippen LogP contribution in [-0.2, 0) is 18.3 Å². The quantitative estimate of drug-likeness (QED) is 0.892. The smallest absolute Gasteiger partial charge is 0.289 e. The van der Waals surface area contributed by atoms with Gasteiger partial charge in [0.25, 0.3) is 5.91 Å². The van der Waals surface area contributed by atoms with E-state index in [1.807, 2.05) is 24.1 Å². The number of carbonyl (C=O) groups is 2. The predicted molar refractivity (Wildman–Crippen MR) is 98.7 cm³/mol. The summed E-state index contributed by atoms with van der Waals surface area (Å²) in [6.07, 6.45) is 9.24. The molecular weight excluding hydrogens is 330 g/mol. The van der Waals surface area contributed by atoms with Crippen molar-refractivity contribution < 1.29 is 9.59 Å². The Labute approximate surface area is 153 Å². The summed E-state index contributed by atoms with van der Waals surface area (Å²) in [5.41, 5.74) is 1.18. The van der Waals surface area contributed by atoms with E-state index in [1.165, 1.54) is 12.5 Å². The Hall–Kier alpha value is -2.70. The predicted octanol–water partition coefficient (Wildman–Crippen LogP) is 2.26. The highest BCUT2D eigenvalue weighted by Gasteiger charge is 2.25. The number of aryl methyl sites for hydroxylation is 2. The van der Waals surface area contributed by atoms with Crippen LogP contribution in [0.3, 0.4) is 0 Å². The summed E-state index contributed by atoms with van der Waals surface area (Å²) in [6.45, 7) is 3.04. The Kier molecular flexibility index (Phi) is 5.65. The van der Waals surface area contributed by atoms with Crippen molar-refractivity contribution in [3.63, 3.8) is 0 Å². The van der Waals surface area contributed by atoms with E-state index < -0.39 is 0 Å². The molecule has 138 valence electrons. The number of rotatable bonds is 5. The van der Waals surface area contributed by atoms with Crippen molar-refractivity contribution in [2.45, 2.75) is 32.6 Å². The molecule has 1 aliphatic heterocycles. The van der Waals surface area contributed by atoms with Crippen LogP contribution in [0.5, 0.6) is 0 Å². The molecule has 1 aliphatic rings. The highest BCUT2D eigenvalue weighted by Crippen LogP contribution is 2.23. The largest absolute Gasteiger partial charge is 0.336 e. The van der Waals surface area contributed by atoms with Crippen LogP contribution in [0.1, 0.15) is 42.4 Å². The van der Waals surface area contributed by atoms with Gasteiger partial charge in [0.2, 0.25) is 5.91 Å². The van der Waals surface area contributed by atoms with Crippen LogP contribution in [0, 0.1) is 5.92 Å². The molecule has 0 aromatic carbocycles. The van der Waals surface area contributed by atoms with Gasteiger partial charge in [-0.15, -0.1) is 0 Å². The second-order valence-corrected chi connectivity index (χ2v) is 6.87. The molecule has 26 heavy (non-hydrogen) atoms. The third-order valence-electron chi connectivity index (χ3n) is 4.88. The summed E-state index contributed by atoms with van der Waals surface area (Å²) >= 11 is 0. The lowest BCUT2D eigenvalue weighted by Crippen LogP contribution is -2.39. The number of piperidine rings is 1. The number of likely N-dealkylation sites (tertiary alicyclic amines) is 1. The number of aromatic nitrogens is 3. The average Bonchev–Trinajstić information content (AvgIpc) is 3.05. The Balaban J connectivity index is 1.48. The summed E-state index contributed by atoms with van der Waals surface area (Å²) in [5, 5.41) is 2.72. The second kappa shape index (κ2) is 8.12. The topological polar surface area (TPSA) is 80.1 Å². The Morgan fingerprint density at radius 2 is 2.00 bits per heavy atom. The van der Waals surface area contributed by atoms with E-state index in [1.54, 1.807) is 23.2 Å². The van der Waals surface area contributed by atoms with Gasteiger partial charge in [-0.2, -0.15) is 0 Å². The van der Waals surface area contributed by atoms with Crippen molar-refractivity contribution in [2.24, 2.45) is 13.0 Å². The van der Waals surface area contributed by atoms with Crippen LogP contribution in [0.4, 0.5) is 5.82 Å². The zero-order valence-corrected chi connectivity index (χ0v) is 15.3. The van der Waals surface area contributed by atoms with Crippen molar-refractivity contribution in [1.29, 1.82) is 0 Å². The first-order chi connectivity index (χ1) is 12.5. The van der Waals surface area contributed by atoms with E-state index in [9.17, 15) is 9.59 Å². The first kappa shape index (κ1) is 18.1. The van der Waals surface area contributed by atoms with Crippen molar-refractivity contribution in [3.8, 4) is 0 Å². The van der Waals surface area contributed by atoms with Gasteiger partial charge in [0.1, 0.15) is 5.82 Å². The lowest BCUT2D eigenvalue weighted by molar-refractivity contribution is -0.114. The van der Waals surface area contributed by atoms with Crippen LogP contribution in [-0.4, -0.2) is 44.3 Å². The average molecular weight is 355 g/mol. The van der Waals surface area contributed by atoms with Crippen LogP contribution in [0.25, 0.3) is 0 Å². The van der Waals surface area contributed by atoms with Crippen LogP contribution >= 0.6 is 0 Å². The minimum Gasteiger partial charge on any atom is -0.336 e. The van der Waals surface area contributed by atoms with Gasteiger partial charge >= 0.3 is 0 Å². The molecule has 1 fully saturated rings. The van der Waals surface area contributed by atoms with Gasteiger partial charge in [0.05, 0.1) is 0 Å². The Morgan fingerprint density at radius 3 is 2.65 bits per heavy atom. The molecule has 2 aromatic rings. The van der Waals surface area contributed by atoms with E-state index >= 15 is 0 Å². The number of anilines is 1. The molecule has 2 aromatic heterocycles. The molecule has 0 atom stereocenters. The third kappa shape index (κ3) is 4.47. The number of amides is 2. The fraction of sp³-hybridized carbons (Fsp3) is 0.474. The second-order valence-electron chi connectivity index (χ2n) is 6.87. The summed E-state index contributed by atoms with van der Waals surface area (Å²) < 4.78 is 1.77. The molecule has 0 spiro atoms. The lowest BCUT2D eigenvalue weighted by atomic mass is 9.90. The van der Waals surface area contributed by atoms with E-state index in [-0.39, 0.29) is 11.8 Å². The van der Waals surface area contributed by atoms with Gasteiger partial charge in [-0.25, -0.2) is 9.97 Å². The molecule has 3 rings (SSSR count). The zero-order valence-electron chi connectivity index (χ0n) is 15.3. The number of nitrogens with one attached hydrogen (secondary N) is 1. The zero-order chi connectivity index (χ0) is 18.5. The van der Waals surface area contributed by atoms with Gasteiger partial charge in [0, 0.05) is 45.7 Å². The molecule has 3 heterocycles. The van der Waals surface area contributed by atoms with Crippen LogP contribution in [0.15, 0.2) is 30.7 Å². The van der Waals surface area contributed by atoms with E-state index in [0.717, 1.165) is 38.8 Å². The molecule has 0 saturated carbocycles. The minimum atomic E-state index is -0.112. The first-order valence-electron chi connectivity index (χ1n) is 9.02. The lowest BCUT2D eigenvalue weighted by Gasteiger charge is -2.31. The SMILES string of the molecule is CC(=O)Nc1cc(CCC2CCN(C(=O)c3nccn3C)CC2)ccn1. The minimum absolute atomic E-state index is 0.0185. The maximum absolute atomic E-state index is 12.5. The fourth-order valence-electron chi connectivity index (χ4n) is 3.39. The molecule has 0 unspecified atom stereocenters. The monoisotopic (exact) mass is 355 g/mol. The van der Waals surface area contributed by atoms with Crippen molar-refractivity contribution in [3.05, 3.63) is 42.1 Å². The number of pyridine rings is 1. The number of imidazole rings is 1. The molecule has 7 nitrogen and oxygen atoms in total. The van der Waals surface area contributed by atoms with E-state index in [0.29, 0.717) is 17.6 Å². The molecule has 1 saturated heterocycles. The molecule has 0 radical (unpaired) electrons. The molecule has 1 N–H and O–H groups in total. The number of carbonyl (C=O) groups excluding carboxylic acids is 2. The van der Waals surface area contributed by atoms with Crippen molar-refractivity contribution in [1.82, 2.24) is 19.4 Å². The molecule has 0 bridgehead atoms. The number of hydrogen-bond acceptors (Lipinski definition) is 4. The van der Waals surface area contributed by atoms with Gasteiger partial charge in [-0.1, -0.05) is 0 Å². The summed E-state index contributed by atoms with van der Waals surface area (Å²) in [5.74, 6) is 1.62. The van der Waals surface area contributed by atoms with Crippen LogP contribution in [0.2, 0.25) is 0 Å². The van der Waals surface area contributed by atoms with Gasteiger partial charge in [-0.3, -0.25) is 9.59 Å². The first-order valence-corrected chi connectivity index (χ1v) is 9.02. The maximum atomic E-state index is 12.5. The van der Waals surface area contributed by atoms with E-state index in [4.69, 9.17) is 0 Å². The normalized spacial score (nSPS) is 15.1. The highest BCUT2D eigenvalue weighted by atomic mass is 16.2. The van der Waals surface area contributed by atoms with E-state index in [2.05, 4.69) is 15.3 Å². The van der Waals surface area contributed by atoms with Crippen molar-refractivity contribution >= 4 is 17.6 Å². The van der Waals surface area contributed by atoms with Gasteiger partial charge in [-0.05, 0) is 49.3 Å². The number of nitrogens with zero attached hydrogens (tertiary/aromatic N) is 4. The molecular formula is C19H25N5O2. The highest BCUT2D eigenvalue weighted by molar-refractivity contribution is 5.90. The third-order valence-corrected chi connectivity index (χ3v) is 4.88. The van der Waals surface area contributed by atoms with Gasteiger partial charge in [0.15, 0.2) is 5.82 Å². The van der Waals surface area contributed by atoms with Crippen molar-refractivity contribution in [2.75, 3.05) is 18.4 Å². The summed E-state index contributed by atoms with van der Waals surface area (Å²) in [7, 11) is 1.84. The van der Waals surface area contributed by atoms with Gasteiger partial charge < -0.3 is 14.8 Å². The molecule has 2 amide bonds. The Morgan fingerprint density at radius 1 is 1.23 bits per heavy atom. The fourth-order valence-corrected chi connectivity index (χ4v) is 3.39. The summed E-state index contributed by atoms with van der Waals surface area (Å²) in [4.78, 5) is 33.8. The number of hydrogen-bond donors (Lipinski definition) is 1. The molecule has 7 heteroatoms. The molecule has 0 aliphatic carbocycles. The Bertz CT molecular complexity index is 778. The van der Waals surface area contributed by atoms with Crippen LogP contribution < -0.4 is 5.32 Å². The maximum Gasteiger partial charge on any atom is 0.289 e.